The SMILES string of the molecule is CCNC(=NCc1ccc(C(=O)N(C)C)cc1)NCC(c1ccccc1)N1CCC(C)CC1.I. The van der Waals surface area contributed by atoms with Crippen molar-refractivity contribution in [3.63, 3.8) is 0 Å². The van der Waals surface area contributed by atoms with Crippen LogP contribution in [0.15, 0.2) is 59.6 Å². The quantitative estimate of drug-likeness (QED) is 0.275. The van der Waals surface area contributed by atoms with Crippen LogP contribution in [0.3, 0.4) is 0 Å². The molecule has 0 radical (unpaired) electrons. The predicted molar refractivity (Wildman–Crippen MR) is 152 cm³/mol. The topological polar surface area (TPSA) is 60.0 Å². The van der Waals surface area contributed by atoms with Gasteiger partial charge in [-0.1, -0.05) is 49.4 Å². The van der Waals surface area contributed by atoms with E-state index in [2.05, 4.69) is 59.7 Å². The van der Waals surface area contributed by atoms with Crippen molar-refractivity contribution < 1.29 is 4.79 Å². The molecule has 6 nitrogen and oxygen atoms in total. The van der Waals surface area contributed by atoms with Crippen LogP contribution >= 0.6 is 24.0 Å². The third-order valence-corrected chi connectivity index (χ3v) is 6.28. The summed E-state index contributed by atoms with van der Waals surface area (Å²) in [5, 5.41) is 6.95. The van der Waals surface area contributed by atoms with Crippen LogP contribution in [0.25, 0.3) is 0 Å². The number of benzene rings is 2. The van der Waals surface area contributed by atoms with E-state index in [4.69, 9.17) is 4.99 Å². The lowest BCUT2D eigenvalue weighted by Crippen LogP contribution is -2.45. The lowest BCUT2D eigenvalue weighted by Gasteiger charge is -2.37. The van der Waals surface area contributed by atoms with Crippen LogP contribution in [0, 0.1) is 5.92 Å². The molecular formula is C27H40IN5O. The van der Waals surface area contributed by atoms with Gasteiger partial charge in [0.15, 0.2) is 5.96 Å². The molecule has 0 spiro atoms. The normalized spacial score (nSPS) is 15.8. The van der Waals surface area contributed by atoms with Gasteiger partial charge in [-0.05, 0) is 62.0 Å². The van der Waals surface area contributed by atoms with E-state index >= 15 is 0 Å². The number of hydrogen-bond acceptors (Lipinski definition) is 3. The second-order valence-electron chi connectivity index (χ2n) is 9.12. The molecule has 0 aromatic heterocycles. The lowest BCUT2D eigenvalue weighted by molar-refractivity contribution is 0.0827. The molecule has 0 aliphatic carbocycles. The summed E-state index contributed by atoms with van der Waals surface area (Å²) in [7, 11) is 3.53. The number of rotatable bonds is 8. The van der Waals surface area contributed by atoms with Crippen LogP contribution in [0.2, 0.25) is 0 Å². The average molecular weight is 578 g/mol. The molecule has 186 valence electrons. The van der Waals surface area contributed by atoms with E-state index in [1.807, 2.05) is 24.3 Å². The minimum atomic E-state index is 0. The Morgan fingerprint density at radius 3 is 2.29 bits per heavy atom. The van der Waals surface area contributed by atoms with Gasteiger partial charge in [0.25, 0.3) is 5.91 Å². The first-order valence-electron chi connectivity index (χ1n) is 12.1. The molecule has 1 aliphatic rings. The minimum Gasteiger partial charge on any atom is -0.357 e. The fraction of sp³-hybridized carbons (Fsp3) is 0.481. The first-order chi connectivity index (χ1) is 16.0. The van der Waals surface area contributed by atoms with Crippen LogP contribution in [0.5, 0.6) is 0 Å². The van der Waals surface area contributed by atoms with Crippen molar-refractivity contribution in [1.29, 1.82) is 0 Å². The van der Waals surface area contributed by atoms with Gasteiger partial charge in [0.1, 0.15) is 0 Å². The number of halogens is 1. The maximum absolute atomic E-state index is 12.1. The summed E-state index contributed by atoms with van der Waals surface area (Å²) in [6.07, 6.45) is 2.51. The predicted octanol–water partition coefficient (Wildman–Crippen LogP) is 4.53. The summed E-state index contributed by atoms with van der Waals surface area (Å²) in [5.41, 5.74) is 3.11. The van der Waals surface area contributed by atoms with E-state index in [1.165, 1.54) is 18.4 Å². The molecule has 2 N–H and O–H groups in total. The fourth-order valence-corrected chi connectivity index (χ4v) is 4.19. The zero-order chi connectivity index (χ0) is 23.6. The van der Waals surface area contributed by atoms with E-state index in [9.17, 15) is 4.79 Å². The zero-order valence-electron chi connectivity index (χ0n) is 21.0. The number of likely N-dealkylation sites (tertiary alicyclic amines) is 1. The Bertz CT molecular complexity index is 893. The maximum Gasteiger partial charge on any atom is 0.253 e. The molecule has 2 aromatic carbocycles. The highest BCUT2D eigenvalue weighted by Crippen LogP contribution is 2.26. The first-order valence-corrected chi connectivity index (χ1v) is 12.1. The number of carbonyl (C=O) groups excluding carboxylic acids is 1. The number of piperidine rings is 1. The van der Waals surface area contributed by atoms with Gasteiger partial charge in [-0.25, -0.2) is 4.99 Å². The highest BCUT2D eigenvalue weighted by molar-refractivity contribution is 14.0. The molecule has 1 aliphatic heterocycles. The van der Waals surface area contributed by atoms with Gasteiger partial charge < -0.3 is 15.5 Å². The number of nitrogens with zero attached hydrogens (tertiary/aromatic N) is 3. The van der Waals surface area contributed by atoms with Gasteiger partial charge in [0, 0.05) is 32.7 Å². The second kappa shape index (κ2) is 14.3. The summed E-state index contributed by atoms with van der Waals surface area (Å²) in [5.74, 6) is 1.64. The average Bonchev–Trinajstić information content (AvgIpc) is 2.84. The van der Waals surface area contributed by atoms with Crippen molar-refractivity contribution in [2.45, 2.75) is 39.3 Å². The summed E-state index contributed by atoms with van der Waals surface area (Å²) in [6, 6.07) is 18.8. The van der Waals surface area contributed by atoms with E-state index in [0.717, 1.165) is 43.6 Å². The molecule has 0 saturated carbocycles. The molecule has 7 heteroatoms. The summed E-state index contributed by atoms with van der Waals surface area (Å²) in [6.45, 7) is 8.87. The standard InChI is InChI=1S/C27H39N5O.HI/c1-5-28-27(29-19-22-11-13-24(14-12-22)26(33)31(3)4)30-20-25(23-9-7-6-8-10-23)32-17-15-21(2)16-18-32;/h6-14,21,25H,5,15-20H2,1-4H3,(H2,28,29,30);1H. The molecule has 1 fully saturated rings. The smallest absolute Gasteiger partial charge is 0.253 e. The zero-order valence-corrected chi connectivity index (χ0v) is 23.3. The van der Waals surface area contributed by atoms with E-state index < -0.39 is 0 Å². The van der Waals surface area contributed by atoms with Crippen molar-refractivity contribution in [1.82, 2.24) is 20.4 Å². The minimum absolute atomic E-state index is 0. The van der Waals surface area contributed by atoms with Gasteiger partial charge in [-0.15, -0.1) is 24.0 Å². The molecule has 2 aromatic rings. The van der Waals surface area contributed by atoms with Crippen LogP contribution < -0.4 is 10.6 Å². The van der Waals surface area contributed by atoms with Gasteiger partial charge in [-0.3, -0.25) is 9.69 Å². The second-order valence-corrected chi connectivity index (χ2v) is 9.12. The third kappa shape index (κ3) is 8.27. The molecule has 34 heavy (non-hydrogen) atoms. The largest absolute Gasteiger partial charge is 0.357 e. The summed E-state index contributed by atoms with van der Waals surface area (Å²) >= 11 is 0. The molecule has 1 amide bonds. The van der Waals surface area contributed by atoms with E-state index in [-0.39, 0.29) is 29.9 Å². The Morgan fingerprint density at radius 2 is 1.71 bits per heavy atom. The Morgan fingerprint density at radius 1 is 1.06 bits per heavy atom. The van der Waals surface area contributed by atoms with Crippen molar-refractivity contribution >= 4 is 35.8 Å². The van der Waals surface area contributed by atoms with Crippen LogP contribution in [-0.2, 0) is 6.54 Å². The number of carbonyl (C=O) groups is 1. The third-order valence-electron chi connectivity index (χ3n) is 6.28. The van der Waals surface area contributed by atoms with Gasteiger partial charge in [0.05, 0.1) is 12.6 Å². The maximum atomic E-state index is 12.1. The Hall–Kier alpha value is -2.13. The van der Waals surface area contributed by atoms with Gasteiger partial charge in [-0.2, -0.15) is 0 Å². The summed E-state index contributed by atoms with van der Waals surface area (Å²) in [4.78, 5) is 21.1. The number of nitrogens with one attached hydrogen (secondary N) is 2. The number of aliphatic imine (C=N–C) groups is 1. The van der Waals surface area contributed by atoms with Gasteiger partial charge >= 0.3 is 0 Å². The molecule has 1 atom stereocenters. The number of guanidine groups is 1. The highest BCUT2D eigenvalue weighted by atomic mass is 127. The summed E-state index contributed by atoms with van der Waals surface area (Å²) < 4.78 is 0. The fourth-order valence-electron chi connectivity index (χ4n) is 4.19. The Kier molecular flexibility index (Phi) is 11.8. The highest BCUT2D eigenvalue weighted by Gasteiger charge is 2.24. The monoisotopic (exact) mass is 577 g/mol. The Labute approximate surface area is 222 Å². The van der Waals surface area contributed by atoms with Gasteiger partial charge in [0.2, 0.25) is 0 Å². The first kappa shape index (κ1) is 28.1. The molecule has 0 bridgehead atoms. The number of hydrogen-bond donors (Lipinski definition) is 2. The van der Waals surface area contributed by atoms with Crippen molar-refractivity contribution in [3.05, 3.63) is 71.3 Å². The van der Waals surface area contributed by atoms with Crippen molar-refractivity contribution in [2.24, 2.45) is 10.9 Å². The molecule has 1 heterocycles. The molecule has 3 rings (SSSR count). The van der Waals surface area contributed by atoms with Crippen LogP contribution in [0.1, 0.15) is 54.2 Å². The lowest BCUT2D eigenvalue weighted by atomic mass is 9.95. The van der Waals surface area contributed by atoms with E-state index in [0.29, 0.717) is 18.2 Å². The number of amides is 1. The Balaban J connectivity index is 0.00000408. The molecular weight excluding hydrogens is 537 g/mol. The van der Waals surface area contributed by atoms with Crippen LogP contribution in [-0.4, -0.2) is 61.9 Å². The van der Waals surface area contributed by atoms with E-state index in [1.54, 1.807) is 19.0 Å². The molecule has 1 unspecified atom stereocenters. The molecule has 1 saturated heterocycles. The van der Waals surface area contributed by atoms with Crippen molar-refractivity contribution in [3.8, 4) is 0 Å². The van der Waals surface area contributed by atoms with Crippen LogP contribution in [0.4, 0.5) is 0 Å². The van der Waals surface area contributed by atoms with Crippen molar-refractivity contribution in [2.75, 3.05) is 40.3 Å².